The first kappa shape index (κ1) is 26.5. The monoisotopic (exact) mass is 466 g/mol. The van der Waals surface area contributed by atoms with Crippen LogP contribution in [0.2, 0.25) is 0 Å². The molecule has 0 spiro atoms. The summed E-state index contributed by atoms with van der Waals surface area (Å²) in [7, 11) is 2.94. The first-order valence-electron chi connectivity index (χ1n) is 11.0. The van der Waals surface area contributed by atoms with E-state index in [2.05, 4.69) is 24.1 Å². The predicted molar refractivity (Wildman–Crippen MR) is 118 cm³/mol. The molecule has 1 saturated heterocycles. The summed E-state index contributed by atoms with van der Waals surface area (Å²) in [5.74, 6) is -1.50. The number of aromatic nitrogens is 1. The first-order chi connectivity index (χ1) is 15.7. The zero-order chi connectivity index (χ0) is 24.5. The van der Waals surface area contributed by atoms with Gasteiger partial charge in [0, 0.05) is 32.9 Å². The third-order valence-corrected chi connectivity index (χ3v) is 5.17. The van der Waals surface area contributed by atoms with Crippen molar-refractivity contribution in [2.45, 2.75) is 71.3 Å². The zero-order valence-electron chi connectivity index (χ0n) is 20.1. The lowest BCUT2D eigenvalue weighted by Crippen LogP contribution is -2.45. The zero-order valence-corrected chi connectivity index (χ0v) is 20.1. The van der Waals surface area contributed by atoms with Crippen LogP contribution in [0.5, 0.6) is 11.5 Å². The van der Waals surface area contributed by atoms with Crippen LogP contribution in [0.15, 0.2) is 12.3 Å². The Morgan fingerprint density at radius 2 is 2.00 bits per heavy atom. The minimum absolute atomic E-state index is 0.114. The maximum Gasteiger partial charge on any atom is 0.329 e. The summed E-state index contributed by atoms with van der Waals surface area (Å²) in [6.45, 7) is 7.62. The fraction of sp³-hybridized carbons (Fsp3) is 0.652. The minimum Gasteiger partial charge on any atom is -0.493 e. The Morgan fingerprint density at radius 1 is 1.27 bits per heavy atom. The quantitative estimate of drug-likeness (QED) is 0.575. The number of cyclic esters (lactones) is 1. The Balaban J connectivity index is 2.20. The van der Waals surface area contributed by atoms with Crippen LogP contribution in [-0.4, -0.2) is 68.0 Å². The van der Waals surface area contributed by atoms with E-state index in [0.29, 0.717) is 31.8 Å². The molecule has 1 aliphatic rings. The van der Waals surface area contributed by atoms with E-state index in [0.717, 1.165) is 0 Å². The number of hydrogen-bond acceptors (Lipinski definition) is 9. The molecule has 0 bridgehead atoms. The van der Waals surface area contributed by atoms with E-state index in [1.165, 1.54) is 26.3 Å². The first-order valence-corrected chi connectivity index (χ1v) is 11.0. The lowest BCUT2D eigenvalue weighted by Gasteiger charge is -2.30. The Hall–Kier alpha value is -2.72. The third kappa shape index (κ3) is 7.40. The van der Waals surface area contributed by atoms with E-state index in [4.69, 9.17) is 23.7 Å². The van der Waals surface area contributed by atoms with E-state index in [9.17, 15) is 14.4 Å². The number of rotatable bonds is 8. The number of amides is 1. The van der Waals surface area contributed by atoms with Gasteiger partial charge in [0.05, 0.1) is 13.2 Å². The van der Waals surface area contributed by atoms with Crippen molar-refractivity contribution in [3.63, 3.8) is 0 Å². The van der Waals surface area contributed by atoms with Gasteiger partial charge in [0.1, 0.15) is 18.2 Å². The van der Waals surface area contributed by atoms with Gasteiger partial charge in [0.25, 0.3) is 5.91 Å². The highest BCUT2D eigenvalue weighted by atomic mass is 16.6. The third-order valence-electron chi connectivity index (χ3n) is 5.17. The average Bonchev–Trinajstić information content (AvgIpc) is 2.80. The topological polar surface area (TPSA) is 122 Å². The standard InChI is InChI=1S/C23H34N2O8/c1-13(2)12-31-18-9-7-8-16(23(28)32-14(3)20(18)30-6)25-22(27)19-21(33-15(4)26)17(29-5)10-11-24-19/h10-11,13-14,16,18,20H,7-9,12H2,1-6H3,(H,25,27). The molecule has 2 rings (SSSR count). The lowest BCUT2D eigenvalue weighted by atomic mass is 10.0. The van der Waals surface area contributed by atoms with Gasteiger partial charge >= 0.3 is 11.9 Å². The molecule has 1 fully saturated rings. The van der Waals surface area contributed by atoms with E-state index in [1.54, 1.807) is 14.0 Å². The molecular weight excluding hydrogens is 432 g/mol. The fourth-order valence-electron chi connectivity index (χ4n) is 3.63. The van der Waals surface area contributed by atoms with E-state index in [1.807, 2.05) is 0 Å². The summed E-state index contributed by atoms with van der Waals surface area (Å²) in [6.07, 6.45) is 1.66. The highest BCUT2D eigenvalue weighted by molar-refractivity contribution is 5.98. The second kappa shape index (κ2) is 12.5. The van der Waals surface area contributed by atoms with Crippen LogP contribution in [0, 0.1) is 5.92 Å². The van der Waals surface area contributed by atoms with Crippen molar-refractivity contribution in [2.24, 2.45) is 5.92 Å². The molecule has 4 atom stereocenters. The molecular formula is C23H34N2O8. The van der Waals surface area contributed by atoms with E-state index >= 15 is 0 Å². The van der Waals surface area contributed by atoms with Crippen LogP contribution in [-0.2, 0) is 23.8 Å². The summed E-state index contributed by atoms with van der Waals surface area (Å²) >= 11 is 0. The maximum atomic E-state index is 13.0. The van der Waals surface area contributed by atoms with Gasteiger partial charge in [-0.3, -0.25) is 9.59 Å². The number of nitrogens with zero attached hydrogens (tertiary/aromatic N) is 1. The van der Waals surface area contributed by atoms with Gasteiger partial charge in [0.2, 0.25) is 5.75 Å². The van der Waals surface area contributed by atoms with Gasteiger partial charge in [-0.05, 0) is 32.1 Å². The second-order valence-electron chi connectivity index (χ2n) is 8.35. The molecule has 1 aromatic heterocycles. The van der Waals surface area contributed by atoms with Crippen LogP contribution >= 0.6 is 0 Å². The highest BCUT2D eigenvalue weighted by Gasteiger charge is 2.35. The number of ether oxygens (including phenoxy) is 5. The number of carbonyl (C=O) groups excluding carboxylic acids is 3. The van der Waals surface area contributed by atoms with Crippen molar-refractivity contribution in [3.8, 4) is 11.5 Å². The Morgan fingerprint density at radius 3 is 2.61 bits per heavy atom. The van der Waals surface area contributed by atoms with Gasteiger partial charge < -0.3 is 29.0 Å². The largest absolute Gasteiger partial charge is 0.493 e. The van der Waals surface area contributed by atoms with Gasteiger partial charge in [-0.25, -0.2) is 9.78 Å². The molecule has 0 aliphatic carbocycles. The summed E-state index contributed by atoms with van der Waals surface area (Å²) < 4.78 is 27.5. The molecule has 10 heteroatoms. The minimum atomic E-state index is -0.917. The van der Waals surface area contributed by atoms with Crippen LogP contribution in [0.25, 0.3) is 0 Å². The van der Waals surface area contributed by atoms with Crippen molar-refractivity contribution in [2.75, 3.05) is 20.8 Å². The SMILES string of the molecule is COc1ccnc(C(=O)NC2CCCC(OCC(C)C)C(OC)C(C)OC2=O)c1OC(C)=O. The number of pyridine rings is 1. The number of methoxy groups -OCH3 is 2. The molecule has 4 unspecified atom stereocenters. The van der Waals surface area contributed by atoms with Crippen LogP contribution in [0.3, 0.4) is 0 Å². The molecule has 10 nitrogen and oxygen atoms in total. The highest BCUT2D eigenvalue weighted by Crippen LogP contribution is 2.30. The molecule has 0 saturated carbocycles. The normalized spacial score (nSPS) is 23.7. The van der Waals surface area contributed by atoms with Gasteiger partial charge in [-0.2, -0.15) is 0 Å². The van der Waals surface area contributed by atoms with E-state index < -0.39 is 36.1 Å². The Bertz CT molecular complexity index is 829. The van der Waals surface area contributed by atoms with Crippen molar-refractivity contribution in [3.05, 3.63) is 18.0 Å². The van der Waals surface area contributed by atoms with Gasteiger partial charge in [0.15, 0.2) is 11.4 Å². The number of carbonyl (C=O) groups is 3. The number of esters is 2. The molecule has 2 heterocycles. The van der Waals surface area contributed by atoms with Crippen LogP contribution in [0.1, 0.15) is 57.4 Å². The molecule has 0 aromatic carbocycles. The lowest BCUT2D eigenvalue weighted by molar-refractivity contribution is -0.164. The average molecular weight is 467 g/mol. The van der Waals surface area contributed by atoms with Gasteiger partial charge in [-0.1, -0.05) is 13.8 Å². The summed E-state index contributed by atoms with van der Waals surface area (Å²) in [4.78, 5) is 41.4. The van der Waals surface area contributed by atoms with Crippen LogP contribution in [0.4, 0.5) is 0 Å². The van der Waals surface area contributed by atoms with Gasteiger partial charge in [-0.15, -0.1) is 0 Å². The summed E-state index contributed by atoms with van der Waals surface area (Å²) in [6, 6.07) is 0.548. The van der Waals surface area contributed by atoms with E-state index in [-0.39, 0.29) is 23.3 Å². The van der Waals surface area contributed by atoms with Crippen molar-refractivity contribution < 1.29 is 38.1 Å². The van der Waals surface area contributed by atoms with Crippen molar-refractivity contribution >= 4 is 17.8 Å². The molecule has 1 aromatic rings. The summed E-state index contributed by atoms with van der Waals surface area (Å²) in [5.41, 5.74) is -0.168. The molecule has 1 aliphatic heterocycles. The van der Waals surface area contributed by atoms with Crippen LogP contribution < -0.4 is 14.8 Å². The van der Waals surface area contributed by atoms with Crippen molar-refractivity contribution in [1.82, 2.24) is 10.3 Å². The Labute approximate surface area is 194 Å². The number of nitrogens with one attached hydrogen (secondary N) is 1. The molecule has 33 heavy (non-hydrogen) atoms. The Kier molecular flexibility index (Phi) is 10.1. The fourth-order valence-corrected chi connectivity index (χ4v) is 3.63. The number of hydrogen-bond donors (Lipinski definition) is 1. The molecule has 1 amide bonds. The molecule has 184 valence electrons. The predicted octanol–water partition coefficient (Wildman–Crippen LogP) is 2.29. The smallest absolute Gasteiger partial charge is 0.329 e. The maximum absolute atomic E-state index is 13.0. The molecule has 1 N–H and O–H groups in total. The summed E-state index contributed by atoms with van der Waals surface area (Å²) in [5, 5.41) is 2.66. The second-order valence-corrected chi connectivity index (χ2v) is 8.35. The molecule has 0 radical (unpaired) electrons. The van der Waals surface area contributed by atoms with Crippen molar-refractivity contribution in [1.29, 1.82) is 0 Å².